The van der Waals surface area contributed by atoms with Crippen molar-refractivity contribution in [1.29, 1.82) is 0 Å². The number of rotatable bonds is 11. The highest BCUT2D eigenvalue weighted by Gasteiger charge is 2.36. The Kier molecular flexibility index (Phi) is 9.02. The van der Waals surface area contributed by atoms with Crippen molar-refractivity contribution >= 4 is 46.3 Å². The number of hydrogen-bond donors (Lipinski definition) is 1. The molecule has 1 heterocycles. The molecule has 12 heteroatoms. The third kappa shape index (κ3) is 6.97. The van der Waals surface area contributed by atoms with E-state index in [9.17, 15) is 24.5 Å². The summed E-state index contributed by atoms with van der Waals surface area (Å²) in [4.78, 5) is 49.5. The number of non-ortho nitro benzene ring substituents is 1. The van der Waals surface area contributed by atoms with Gasteiger partial charge in [0.1, 0.15) is 18.9 Å². The lowest BCUT2D eigenvalue weighted by Crippen LogP contribution is -2.36. The number of nitro groups is 1. The lowest BCUT2D eigenvalue weighted by atomic mass is 10.1. The second kappa shape index (κ2) is 12.8. The van der Waals surface area contributed by atoms with Gasteiger partial charge in [-0.15, -0.1) is 0 Å². The van der Waals surface area contributed by atoms with Crippen LogP contribution in [0.25, 0.3) is 6.08 Å². The molecule has 0 unspecified atom stereocenters. The molecule has 3 aromatic rings. The molecule has 0 aromatic heterocycles. The van der Waals surface area contributed by atoms with Crippen molar-refractivity contribution in [3.05, 3.63) is 92.9 Å². The summed E-state index contributed by atoms with van der Waals surface area (Å²) >= 11 is 0.739. The minimum atomic E-state index is -0.580. The van der Waals surface area contributed by atoms with Crippen molar-refractivity contribution in [3.63, 3.8) is 0 Å². The first-order valence-electron chi connectivity index (χ1n) is 12.1. The summed E-state index contributed by atoms with van der Waals surface area (Å²) in [7, 11) is 1.53. The summed E-state index contributed by atoms with van der Waals surface area (Å²) in [6.45, 7) is 1.80. The van der Waals surface area contributed by atoms with Gasteiger partial charge in [0.15, 0.2) is 11.5 Å². The zero-order valence-electron chi connectivity index (χ0n) is 21.6. The zero-order valence-corrected chi connectivity index (χ0v) is 22.4. The molecule has 3 amide bonds. The van der Waals surface area contributed by atoms with E-state index in [0.717, 1.165) is 16.7 Å². The van der Waals surface area contributed by atoms with Crippen LogP contribution in [0.15, 0.2) is 71.6 Å². The molecule has 40 heavy (non-hydrogen) atoms. The third-order valence-corrected chi connectivity index (χ3v) is 6.54. The molecule has 1 fully saturated rings. The van der Waals surface area contributed by atoms with Crippen LogP contribution in [0.1, 0.15) is 18.1 Å². The van der Waals surface area contributed by atoms with Gasteiger partial charge in [-0.1, -0.05) is 18.2 Å². The van der Waals surface area contributed by atoms with Crippen LogP contribution in [-0.4, -0.2) is 47.1 Å². The van der Waals surface area contributed by atoms with E-state index in [1.54, 1.807) is 67.6 Å². The molecule has 3 aromatic carbocycles. The normalized spacial score (nSPS) is 13.8. The molecule has 0 spiro atoms. The fourth-order valence-electron chi connectivity index (χ4n) is 3.73. The number of methoxy groups -OCH3 is 1. The molecule has 0 atom stereocenters. The van der Waals surface area contributed by atoms with Crippen LogP contribution in [0.3, 0.4) is 0 Å². The highest BCUT2D eigenvalue weighted by Crippen LogP contribution is 2.35. The number of nitro benzene ring substituents is 1. The van der Waals surface area contributed by atoms with Gasteiger partial charge in [0.25, 0.3) is 16.8 Å². The summed E-state index contributed by atoms with van der Waals surface area (Å²) < 4.78 is 16.6. The van der Waals surface area contributed by atoms with Gasteiger partial charge in [-0.25, -0.2) is 0 Å². The molecule has 1 aliphatic rings. The minimum absolute atomic E-state index is 0.0337. The van der Waals surface area contributed by atoms with Crippen LogP contribution in [-0.2, 0) is 16.2 Å². The number of anilines is 1. The molecule has 0 aliphatic carbocycles. The van der Waals surface area contributed by atoms with E-state index in [-0.39, 0.29) is 17.2 Å². The zero-order chi connectivity index (χ0) is 28.6. The Morgan fingerprint density at radius 2 is 1.82 bits per heavy atom. The van der Waals surface area contributed by atoms with Crippen LogP contribution in [0.4, 0.5) is 16.2 Å². The van der Waals surface area contributed by atoms with E-state index in [0.29, 0.717) is 40.7 Å². The van der Waals surface area contributed by atoms with Gasteiger partial charge in [0.05, 0.1) is 23.5 Å². The largest absolute Gasteiger partial charge is 0.497 e. The quantitative estimate of drug-likeness (QED) is 0.188. The van der Waals surface area contributed by atoms with E-state index in [1.165, 1.54) is 19.2 Å². The van der Waals surface area contributed by atoms with Crippen molar-refractivity contribution in [3.8, 4) is 17.2 Å². The van der Waals surface area contributed by atoms with E-state index in [4.69, 9.17) is 14.2 Å². The first kappa shape index (κ1) is 28.2. The average Bonchev–Trinajstić information content (AvgIpc) is 3.20. The predicted octanol–water partition coefficient (Wildman–Crippen LogP) is 5.26. The van der Waals surface area contributed by atoms with Crippen LogP contribution in [0.2, 0.25) is 0 Å². The number of hydrogen-bond acceptors (Lipinski definition) is 9. The number of ether oxygens (including phenoxy) is 3. The van der Waals surface area contributed by atoms with E-state index < -0.39 is 28.5 Å². The molecule has 1 aliphatic heterocycles. The number of nitrogens with zero attached hydrogens (tertiary/aromatic N) is 2. The van der Waals surface area contributed by atoms with Gasteiger partial charge in [-0.3, -0.25) is 29.4 Å². The Balaban J connectivity index is 1.43. The fraction of sp³-hybridized carbons (Fsp3) is 0.179. The Bertz CT molecular complexity index is 1470. The van der Waals surface area contributed by atoms with Crippen molar-refractivity contribution in [1.82, 2.24) is 4.90 Å². The number of thioether (sulfide) groups is 1. The predicted molar refractivity (Wildman–Crippen MR) is 149 cm³/mol. The van der Waals surface area contributed by atoms with Gasteiger partial charge >= 0.3 is 0 Å². The smallest absolute Gasteiger partial charge is 0.294 e. The number of carbonyl (C=O) groups is 3. The lowest BCUT2D eigenvalue weighted by Gasteiger charge is -2.13. The number of imide groups is 1. The molecular weight excluding hydrogens is 538 g/mol. The van der Waals surface area contributed by atoms with Crippen LogP contribution < -0.4 is 19.5 Å². The Morgan fingerprint density at radius 3 is 2.52 bits per heavy atom. The first-order valence-corrected chi connectivity index (χ1v) is 12.9. The Morgan fingerprint density at radius 1 is 1.05 bits per heavy atom. The first-order chi connectivity index (χ1) is 19.3. The van der Waals surface area contributed by atoms with E-state index >= 15 is 0 Å². The maximum absolute atomic E-state index is 12.9. The van der Waals surface area contributed by atoms with Gasteiger partial charge in [0, 0.05) is 17.8 Å². The highest BCUT2D eigenvalue weighted by atomic mass is 32.2. The number of nitrogens with one attached hydrogen (secondary N) is 1. The van der Waals surface area contributed by atoms with Crippen molar-refractivity contribution in [2.75, 3.05) is 25.6 Å². The van der Waals surface area contributed by atoms with Crippen LogP contribution in [0.5, 0.6) is 17.2 Å². The third-order valence-electron chi connectivity index (χ3n) is 5.63. The van der Waals surface area contributed by atoms with Gasteiger partial charge in [-0.05, 0) is 72.3 Å². The summed E-state index contributed by atoms with van der Waals surface area (Å²) in [5.41, 5.74) is 1.67. The second-order valence-corrected chi connectivity index (χ2v) is 9.39. The molecule has 206 valence electrons. The Labute approximate surface area is 233 Å². The second-order valence-electron chi connectivity index (χ2n) is 8.40. The van der Waals surface area contributed by atoms with Crippen molar-refractivity contribution in [2.24, 2.45) is 0 Å². The molecule has 11 nitrogen and oxygen atoms in total. The molecule has 1 N–H and O–H groups in total. The summed E-state index contributed by atoms with van der Waals surface area (Å²) in [5.74, 6) is 0.346. The molecule has 0 bridgehead atoms. The molecule has 0 saturated carbocycles. The van der Waals surface area contributed by atoms with Gasteiger partial charge < -0.3 is 19.5 Å². The lowest BCUT2D eigenvalue weighted by molar-refractivity contribution is -0.384. The van der Waals surface area contributed by atoms with Crippen LogP contribution in [0, 0.1) is 10.1 Å². The van der Waals surface area contributed by atoms with Crippen LogP contribution >= 0.6 is 11.8 Å². The Hall–Kier alpha value is -4.84. The fourth-order valence-corrected chi connectivity index (χ4v) is 4.57. The van der Waals surface area contributed by atoms with Gasteiger partial charge in [0.2, 0.25) is 5.91 Å². The highest BCUT2D eigenvalue weighted by molar-refractivity contribution is 8.18. The number of benzene rings is 3. The molecule has 1 saturated heterocycles. The molecule has 0 radical (unpaired) electrons. The monoisotopic (exact) mass is 563 g/mol. The standard InChI is InChI=1S/C28H25N3O8S/c1-3-38-24-14-18(7-12-23(24)39-17-19-5-4-6-21(13-19)31(35)36)15-25-27(33)30(28(34)40-25)16-26(32)29-20-8-10-22(37-2)11-9-20/h4-15H,3,16-17H2,1-2H3,(H,29,32)/b25-15+. The van der Waals surface area contributed by atoms with Crippen molar-refractivity contribution < 1.29 is 33.5 Å². The van der Waals surface area contributed by atoms with E-state index in [1.807, 2.05) is 0 Å². The summed E-state index contributed by atoms with van der Waals surface area (Å²) in [6, 6.07) is 17.8. The maximum Gasteiger partial charge on any atom is 0.294 e. The molecular formula is C28H25N3O8S. The van der Waals surface area contributed by atoms with Gasteiger partial charge in [-0.2, -0.15) is 0 Å². The maximum atomic E-state index is 12.9. The average molecular weight is 564 g/mol. The summed E-state index contributed by atoms with van der Waals surface area (Å²) in [6.07, 6.45) is 1.54. The summed E-state index contributed by atoms with van der Waals surface area (Å²) in [5, 5.41) is 13.1. The minimum Gasteiger partial charge on any atom is -0.497 e. The topological polar surface area (TPSA) is 137 Å². The number of carbonyl (C=O) groups excluding carboxylic acids is 3. The molecule has 4 rings (SSSR count). The van der Waals surface area contributed by atoms with Crippen molar-refractivity contribution in [2.45, 2.75) is 13.5 Å². The SMILES string of the molecule is CCOc1cc(/C=C2/SC(=O)N(CC(=O)Nc3ccc(OC)cc3)C2=O)ccc1OCc1cccc([N+](=O)[O-])c1. The number of amides is 3. The van der Waals surface area contributed by atoms with E-state index in [2.05, 4.69) is 5.32 Å².